The van der Waals surface area contributed by atoms with Gasteiger partial charge in [0.2, 0.25) is 12.0 Å². The predicted octanol–water partition coefficient (Wildman–Crippen LogP) is 2.17. The van der Waals surface area contributed by atoms with Crippen molar-refractivity contribution in [3.8, 4) is 28.7 Å². The molecular formula is C35H36N2O13. The third kappa shape index (κ3) is 5.11. The third-order valence-corrected chi connectivity index (χ3v) is 10.1. The average Bonchev–Trinajstić information content (AvgIpc) is 3.77. The molecule has 2 aromatic heterocycles. The van der Waals surface area contributed by atoms with Gasteiger partial charge in [0, 0.05) is 53.3 Å². The number of fused-ring (bicyclic) bond motifs is 8. The molecule has 1 fully saturated rings. The second kappa shape index (κ2) is 12.1. The van der Waals surface area contributed by atoms with E-state index in [4.69, 9.17) is 38.3 Å². The number of aliphatic hydroxyl groups excluding tert-OH is 2. The van der Waals surface area contributed by atoms with E-state index in [0.29, 0.717) is 41.9 Å². The summed E-state index contributed by atoms with van der Waals surface area (Å²) in [4.78, 5) is 26.0. The molecule has 0 saturated carbocycles. The van der Waals surface area contributed by atoms with E-state index in [1.165, 1.54) is 0 Å². The van der Waals surface area contributed by atoms with Crippen LogP contribution in [0.4, 0.5) is 0 Å². The Kier molecular flexibility index (Phi) is 7.82. The fraction of sp³-hybridized carbons (Fsp3) is 0.429. The van der Waals surface area contributed by atoms with E-state index in [0.717, 1.165) is 33.2 Å². The highest BCUT2D eigenvalue weighted by atomic mass is 16.7. The molecule has 8 rings (SSSR count). The van der Waals surface area contributed by atoms with Gasteiger partial charge in [-0.2, -0.15) is 0 Å². The zero-order chi connectivity index (χ0) is 34.9. The van der Waals surface area contributed by atoms with E-state index in [1.807, 2.05) is 41.4 Å². The lowest BCUT2D eigenvalue weighted by Crippen LogP contribution is -2.67. The monoisotopic (exact) mass is 692 g/mol. The topological polar surface area (TPSA) is 200 Å². The number of hydrogen-bond acceptors (Lipinski definition) is 12. The molecule has 0 aliphatic carbocycles. The lowest BCUT2D eigenvalue weighted by molar-refractivity contribution is -0.320. The molecule has 4 aromatic rings. The number of aromatic nitrogens is 2. The van der Waals surface area contributed by atoms with Gasteiger partial charge >= 0.3 is 11.9 Å². The third-order valence-electron chi connectivity index (χ3n) is 10.1. The Morgan fingerprint density at radius 3 is 2.70 bits per heavy atom. The number of benzene rings is 2. The highest BCUT2D eigenvalue weighted by Crippen LogP contribution is 2.58. The maximum Gasteiger partial charge on any atom is 0.317 e. The summed E-state index contributed by atoms with van der Waals surface area (Å²) in [5.41, 5.74) is 2.18. The van der Waals surface area contributed by atoms with Crippen molar-refractivity contribution in [2.45, 2.75) is 68.0 Å². The van der Waals surface area contributed by atoms with Gasteiger partial charge in [0.1, 0.15) is 48.9 Å². The minimum Gasteiger partial charge on any atom is -0.493 e. The van der Waals surface area contributed by atoms with E-state index in [1.54, 1.807) is 20.3 Å². The van der Waals surface area contributed by atoms with Crippen molar-refractivity contribution in [1.82, 2.24) is 9.55 Å². The summed E-state index contributed by atoms with van der Waals surface area (Å²) in [6.45, 7) is 0.104. The van der Waals surface area contributed by atoms with Crippen LogP contribution in [-0.2, 0) is 32.0 Å². The Balaban J connectivity index is 1.19. The average molecular weight is 693 g/mol. The number of rotatable bonds is 8. The molecule has 5 N–H and O–H groups in total. The van der Waals surface area contributed by atoms with Crippen molar-refractivity contribution in [1.29, 1.82) is 0 Å². The van der Waals surface area contributed by atoms with Gasteiger partial charge in [-0.05, 0) is 30.5 Å². The van der Waals surface area contributed by atoms with Gasteiger partial charge in [-0.3, -0.25) is 9.59 Å². The number of nitrogens with zero attached hydrogens (tertiary/aromatic N) is 1. The standard InChI is InChI=1S/C35H36N2O13/c1-44-22-4-3-18-20-14-46-24-9-23-17(5-7-35(43)33(42)29(41)25(49-34(35)48-23)15-47-27(40)10-26(38)39)19(12-37-11-16-6-8-36-21(16)13-37)28(24)30(20)50-31(18)32(22)45-2/h3-4,6,8-9,11,13,20,25,29-30,33-34,36,41-43H,5,7,10,12,14-15H2,1-2H3,(H,38,39)/t20-,25+,29+,30+,33-,34+,35+/m0/s1. The van der Waals surface area contributed by atoms with Gasteiger partial charge in [0.15, 0.2) is 17.1 Å². The van der Waals surface area contributed by atoms with Gasteiger partial charge in [-0.15, -0.1) is 0 Å². The van der Waals surface area contributed by atoms with Crippen molar-refractivity contribution in [3.63, 3.8) is 0 Å². The number of carboxylic acids is 1. The molecule has 4 aliphatic rings. The molecule has 0 radical (unpaired) electrons. The summed E-state index contributed by atoms with van der Waals surface area (Å²) in [5.74, 6) is -0.143. The molecule has 264 valence electrons. The van der Waals surface area contributed by atoms with Crippen LogP contribution in [-0.4, -0.2) is 99.6 Å². The molecule has 15 nitrogen and oxygen atoms in total. The van der Waals surface area contributed by atoms with Gasteiger partial charge in [-0.1, -0.05) is 6.07 Å². The van der Waals surface area contributed by atoms with E-state index >= 15 is 0 Å². The second-order valence-electron chi connectivity index (χ2n) is 13.0. The fourth-order valence-electron chi connectivity index (χ4n) is 7.64. The number of esters is 1. The number of H-pyrrole nitrogens is 1. The van der Waals surface area contributed by atoms with Crippen LogP contribution >= 0.6 is 0 Å². The number of carbonyl (C=O) groups excluding carboxylic acids is 1. The maximum atomic E-state index is 11.9. The van der Waals surface area contributed by atoms with Crippen molar-refractivity contribution in [3.05, 3.63) is 65.1 Å². The Morgan fingerprint density at radius 2 is 1.94 bits per heavy atom. The van der Waals surface area contributed by atoms with Gasteiger partial charge < -0.3 is 63.1 Å². The number of aliphatic carboxylic acids is 1. The minimum atomic E-state index is -2.06. The van der Waals surface area contributed by atoms with Crippen LogP contribution in [0.15, 0.2) is 42.9 Å². The van der Waals surface area contributed by atoms with E-state index in [9.17, 15) is 24.9 Å². The normalized spacial score (nSPS) is 27.6. The summed E-state index contributed by atoms with van der Waals surface area (Å²) in [5, 5.41) is 43.9. The Hall–Kier alpha value is -4.96. The van der Waals surface area contributed by atoms with Crippen molar-refractivity contribution in [2.75, 3.05) is 27.4 Å². The number of hydrogen-bond donors (Lipinski definition) is 5. The quantitative estimate of drug-likeness (QED) is 0.133. The number of nitrogens with one attached hydrogen (secondary N) is 1. The maximum absolute atomic E-state index is 11.9. The van der Waals surface area contributed by atoms with Crippen molar-refractivity contribution < 1.29 is 63.2 Å². The number of aliphatic hydroxyl groups is 3. The Morgan fingerprint density at radius 1 is 1.10 bits per heavy atom. The smallest absolute Gasteiger partial charge is 0.317 e. The highest BCUT2D eigenvalue weighted by Gasteiger charge is 2.57. The number of carboxylic acid groups (broad SMARTS) is 1. The van der Waals surface area contributed by atoms with Gasteiger partial charge in [0.25, 0.3) is 0 Å². The summed E-state index contributed by atoms with van der Waals surface area (Å²) in [6.07, 6.45) is -1.54. The molecule has 4 aliphatic heterocycles. The van der Waals surface area contributed by atoms with Gasteiger partial charge in [0.05, 0.1) is 32.3 Å². The van der Waals surface area contributed by atoms with Crippen LogP contribution in [0.3, 0.4) is 0 Å². The van der Waals surface area contributed by atoms with Crippen LogP contribution < -0.4 is 23.7 Å². The molecule has 0 amide bonds. The summed E-state index contributed by atoms with van der Waals surface area (Å²) in [7, 11) is 3.13. The van der Waals surface area contributed by atoms with Crippen molar-refractivity contribution in [2.24, 2.45) is 0 Å². The van der Waals surface area contributed by atoms with Gasteiger partial charge in [-0.25, -0.2) is 0 Å². The molecule has 2 aromatic carbocycles. The van der Waals surface area contributed by atoms with E-state index < -0.39 is 61.3 Å². The molecule has 1 saturated heterocycles. The number of carbonyl (C=O) groups is 2. The lowest BCUT2D eigenvalue weighted by atomic mass is 9.81. The first-order chi connectivity index (χ1) is 24.1. The SMILES string of the molecule is COc1ccc2c(c1OC)O[C@H]1c3c(cc4c(c3Cn3cc5cc[nH]c5c3)CC[C@]3(O)[C@H](O4)O[C@H](COC(=O)CC(=O)O)[C@@H](O)[C@@H]3O)OC[C@@H]21. The summed E-state index contributed by atoms with van der Waals surface area (Å²) >= 11 is 0. The molecule has 0 bridgehead atoms. The zero-order valence-corrected chi connectivity index (χ0v) is 27.2. The van der Waals surface area contributed by atoms with Crippen LogP contribution in [0.5, 0.6) is 28.7 Å². The number of aromatic amines is 1. The number of ether oxygens (including phenoxy) is 7. The largest absolute Gasteiger partial charge is 0.493 e. The van der Waals surface area contributed by atoms with Crippen LogP contribution in [0.1, 0.15) is 47.1 Å². The molecule has 0 unspecified atom stereocenters. The first kappa shape index (κ1) is 32.3. The van der Waals surface area contributed by atoms with Crippen LogP contribution in [0.2, 0.25) is 0 Å². The molecule has 6 heterocycles. The molecule has 7 atom stereocenters. The molecule has 0 spiro atoms. The fourth-order valence-corrected chi connectivity index (χ4v) is 7.64. The molecular weight excluding hydrogens is 656 g/mol. The second-order valence-corrected chi connectivity index (χ2v) is 13.0. The zero-order valence-electron chi connectivity index (χ0n) is 27.2. The predicted molar refractivity (Wildman–Crippen MR) is 171 cm³/mol. The molecule has 15 heteroatoms. The van der Waals surface area contributed by atoms with Crippen molar-refractivity contribution >= 4 is 22.8 Å². The summed E-state index contributed by atoms with van der Waals surface area (Å²) in [6, 6.07) is 7.50. The van der Waals surface area contributed by atoms with E-state index in [2.05, 4.69) is 4.98 Å². The lowest BCUT2D eigenvalue weighted by Gasteiger charge is -2.46. The first-order valence-corrected chi connectivity index (χ1v) is 16.2. The Labute approximate surface area is 284 Å². The first-order valence-electron chi connectivity index (χ1n) is 16.2. The van der Waals surface area contributed by atoms with Crippen LogP contribution in [0.25, 0.3) is 10.9 Å². The minimum absolute atomic E-state index is 0.0618. The number of methoxy groups -OCH3 is 2. The molecule has 50 heavy (non-hydrogen) atoms. The summed E-state index contributed by atoms with van der Waals surface area (Å²) < 4.78 is 43.7. The highest BCUT2D eigenvalue weighted by molar-refractivity contribution is 5.90. The van der Waals surface area contributed by atoms with Crippen LogP contribution in [0, 0.1) is 0 Å². The van der Waals surface area contributed by atoms with E-state index in [-0.39, 0.29) is 18.8 Å². The Bertz CT molecular complexity index is 1960.